The van der Waals surface area contributed by atoms with E-state index in [4.69, 9.17) is 9.15 Å². The minimum atomic E-state index is -0.384. The minimum Gasteiger partial charge on any atom is -0.466 e. The van der Waals surface area contributed by atoms with E-state index in [-0.39, 0.29) is 35.9 Å². The van der Waals surface area contributed by atoms with E-state index in [1.165, 1.54) is 4.90 Å². The number of rotatable bonds is 6. The first-order chi connectivity index (χ1) is 14.4. The third-order valence-corrected chi connectivity index (χ3v) is 5.13. The van der Waals surface area contributed by atoms with E-state index in [9.17, 15) is 14.4 Å². The van der Waals surface area contributed by atoms with Crippen LogP contribution in [0.15, 0.2) is 34.7 Å². The second kappa shape index (κ2) is 9.56. The van der Waals surface area contributed by atoms with Gasteiger partial charge >= 0.3 is 5.97 Å². The molecule has 1 atom stereocenters. The van der Waals surface area contributed by atoms with Crippen molar-refractivity contribution < 1.29 is 23.5 Å². The summed E-state index contributed by atoms with van der Waals surface area (Å²) in [6.07, 6.45) is 1.44. The third kappa shape index (κ3) is 4.87. The smallest absolute Gasteiger partial charge is 0.310 e. The summed E-state index contributed by atoms with van der Waals surface area (Å²) in [6, 6.07) is 9.32. The van der Waals surface area contributed by atoms with Gasteiger partial charge in [-0.2, -0.15) is 0 Å². The van der Waals surface area contributed by atoms with E-state index in [1.807, 2.05) is 30.3 Å². The summed E-state index contributed by atoms with van der Waals surface area (Å²) in [5.41, 5.74) is 0.962. The Kier molecular flexibility index (Phi) is 6.87. The molecular formula is C22H27N3O5. The quantitative estimate of drug-likeness (QED) is 0.676. The number of aromatic nitrogens is 1. The minimum absolute atomic E-state index is 0.0959. The predicted octanol–water partition coefficient (Wildman–Crippen LogP) is 2.52. The Labute approximate surface area is 175 Å². The Balaban J connectivity index is 1.63. The molecule has 1 aromatic heterocycles. The Bertz CT molecular complexity index is 909. The summed E-state index contributed by atoms with van der Waals surface area (Å²) >= 11 is 0. The van der Waals surface area contributed by atoms with Crippen LogP contribution in [0.2, 0.25) is 0 Å². The van der Waals surface area contributed by atoms with E-state index >= 15 is 0 Å². The van der Waals surface area contributed by atoms with Crippen molar-refractivity contribution in [1.82, 2.24) is 14.8 Å². The molecule has 8 nitrogen and oxygen atoms in total. The first-order valence-electron chi connectivity index (χ1n) is 10.1. The molecule has 1 saturated heterocycles. The molecule has 0 radical (unpaired) electrons. The second-order valence-electron chi connectivity index (χ2n) is 7.38. The Hall–Kier alpha value is -3.16. The number of likely N-dealkylation sites (tertiary alicyclic amines) is 1. The number of nitrogens with zero attached hydrogens (tertiary/aromatic N) is 3. The lowest BCUT2D eigenvalue weighted by Crippen LogP contribution is -2.47. The standard InChI is InChI=1S/C22H27N3O5/c1-4-29-22(28)17-11-8-12-25(13-17)18(26)14-24(3)21(27)19-15(2)30-20(23-19)16-9-6-5-7-10-16/h5-7,9-10,17H,4,8,11-14H2,1-3H3. The van der Waals surface area contributed by atoms with Gasteiger partial charge in [0.2, 0.25) is 11.8 Å². The monoisotopic (exact) mass is 413 g/mol. The van der Waals surface area contributed by atoms with Gasteiger partial charge in [-0.05, 0) is 38.8 Å². The molecule has 0 aliphatic carbocycles. The molecule has 1 aliphatic heterocycles. The van der Waals surface area contributed by atoms with Crippen LogP contribution < -0.4 is 0 Å². The molecule has 160 valence electrons. The van der Waals surface area contributed by atoms with Crippen molar-refractivity contribution in [1.29, 1.82) is 0 Å². The van der Waals surface area contributed by atoms with Crippen LogP contribution in [0.1, 0.15) is 36.0 Å². The number of hydrogen-bond acceptors (Lipinski definition) is 6. The predicted molar refractivity (Wildman–Crippen MR) is 110 cm³/mol. The summed E-state index contributed by atoms with van der Waals surface area (Å²) in [5.74, 6) is -0.404. The number of carbonyl (C=O) groups excluding carboxylic acids is 3. The van der Waals surface area contributed by atoms with Crippen molar-refractivity contribution in [3.8, 4) is 11.5 Å². The van der Waals surface area contributed by atoms with Gasteiger partial charge in [0.1, 0.15) is 5.76 Å². The van der Waals surface area contributed by atoms with Crippen LogP contribution in [0.3, 0.4) is 0 Å². The number of piperidine rings is 1. The fourth-order valence-electron chi connectivity index (χ4n) is 3.51. The number of amides is 2. The molecule has 2 amide bonds. The van der Waals surface area contributed by atoms with Gasteiger partial charge in [-0.25, -0.2) is 4.98 Å². The Morgan fingerprint density at radius 2 is 2.00 bits per heavy atom. The van der Waals surface area contributed by atoms with Crippen LogP contribution in [0, 0.1) is 12.8 Å². The number of ether oxygens (including phenoxy) is 1. The van der Waals surface area contributed by atoms with Crippen LogP contribution in [0.5, 0.6) is 0 Å². The van der Waals surface area contributed by atoms with Crippen LogP contribution in [0.25, 0.3) is 11.5 Å². The summed E-state index contributed by atoms with van der Waals surface area (Å²) < 4.78 is 10.7. The molecule has 0 spiro atoms. The molecule has 2 heterocycles. The maximum Gasteiger partial charge on any atom is 0.310 e. The number of hydrogen-bond donors (Lipinski definition) is 0. The summed E-state index contributed by atoms with van der Waals surface area (Å²) in [7, 11) is 1.56. The molecule has 1 unspecified atom stereocenters. The Morgan fingerprint density at radius 3 is 2.70 bits per heavy atom. The van der Waals surface area contributed by atoms with Gasteiger partial charge in [0.25, 0.3) is 5.91 Å². The van der Waals surface area contributed by atoms with Crippen molar-refractivity contribution in [3.05, 3.63) is 41.8 Å². The van der Waals surface area contributed by atoms with Crippen molar-refractivity contribution in [2.24, 2.45) is 5.92 Å². The zero-order valence-electron chi connectivity index (χ0n) is 17.6. The molecule has 1 fully saturated rings. The maximum absolute atomic E-state index is 12.8. The maximum atomic E-state index is 12.8. The van der Waals surface area contributed by atoms with E-state index in [0.29, 0.717) is 37.8 Å². The van der Waals surface area contributed by atoms with E-state index in [0.717, 1.165) is 12.0 Å². The molecule has 0 bridgehead atoms. The number of oxazole rings is 1. The SMILES string of the molecule is CCOC(=O)C1CCCN(C(=O)CN(C)C(=O)c2nc(-c3ccccc3)oc2C)C1. The molecule has 3 rings (SSSR count). The van der Waals surface area contributed by atoms with Crippen molar-refractivity contribution in [2.45, 2.75) is 26.7 Å². The zero-order chi connectivity index (χ0) is 21.7. The van der Waals surface area contributed by atoms with Crippen LogP contribution in [0.4, 0.5) is 0 Å². The largest absolute Gasteiger partial charge is 0.466 e. The normalized spacial score (nSPS) is 16.2. The lowest BCUT2D eigenvalue weighted by molar-refractivity contribution is -0.151. The van der Waals surface area contributed by atoms with Gasteiger partial charge in [-0.3, -0.25) is 14.4 Å². The molecular weight excluding hydrogens is 386 g/mol. The van der Waals surface area contributed by atoms with Crippen LogP contribution in [-0.4, -0.2) is 65.9 Å². The molecule has 0 saturated carbocycles. The molecule has 1 aliphatic rings. The lowest BCUT2D eigenvalue weighted by atomic mass is 9.98. The fourth-order valence-corrected chi connectivity index (χ4v) is 3.51. The van der Waals surface area contributed by atoms with Gasteiger partial charge in [0.05, 0.1) is 19.1 Å². The van der Waals surface area contributed by atoms with Gasteiger partial charge in [0, 0.05) is 25.7 Å². The lowest BCUT2D eigenvalue weighted by Gasteiger charge is -2.32. The summed E-state index contributed by atoms with van der Waals surface area (Å²) in [6.45, 7) is 4.55. The number of likely N-dealkylation sites (N-methyl/N-ethyl adjacent to an activating group) is 1. The molecule has 8 heteroatoms. The van der Waals surface area contributed by atoms with E-state index in [1.54, 1.807) is 25.8 Å². The average molecular weight is 413 g/mol. The summed E-state index contributed by atoms with van der Waals surface area (Å²) in [5, 5.41) is 0. The highest BCUT2D eigenvalue weighted by molar-refractivity contribution is 5.96. The highest BCUT2D eigenvalue weighted by Gasteiger charge is 2.31. The molecule has 30 heavy (non-hydrogen) atoms. The second-order valence-corrected chi connectivity index (χ2v) is 7.38. The van der Waals surface area contributed by atoms with Gasteiger partial charge in [0.15, 0.2) is 5.69 Å². The van der Waals surface area contributed by atoms with Crippen molar-refractivity contribution in [3.63, 3.8) is 0 Å². The molecule has 0 N–H and O–H groups in total. The highest BCUT2D eigenvalue weighted by atomic mass is 16.5. The van der Waals surface area contributed by atoms with E-state index < -0.39 is 0 Å². The molecule has 2 aromatic rings. The number of benzene rings is 1. The zero-order valence-corrected chi connectivity index (χ0v) is 17.6. The highest BCUT2D eigenvalue weighted by Crippen LogP contribution is 2.22. The van der Waals surface area contributed by atoms with Gasteiger partial charge in [-0.1, -0.05) is 18.2 Å². The summed E-state index contributed by atoms with van der Waals surface area (Å²) in [4.78, 5) is 44.8. The topological polar surface area (TPSA) is 93.0 Å². The van der Waals surface area contributed by atoms with Crippen LogP contribution in [-0.2, 0) is 14.3 Å². The van der Waals surface area contributed by atoms with Gasteiger partial charge < -0.3 is 19.0 Å². The van der Waals surface area contributed by atoms with Crippen molar-refractivity contribution >= 4 is 17.8 Å². The first kappa shape index (κ1) is 21.5. The van der Waals surface area contributed by atoms with E-state index in [2.05, 4.69) is 4.98 Å². The molecule has 1 aromatic carbocycles. The number of aryl methyl sites for hydroxylation is 1. The van der Waals surface area contributed by atoms with Crippen molar-refractivity contribution in [2.75, 3.05) is 33.3 Å². The Morgan fingerprint density at radius 1 is 1.27 bits per heavy atom. The third-order valence-electron chi connectivity index (χ3n) is 5.13. The average Bonchev–Trinajstić information content (AvgIpc) is 3.15. The number of esters is 1. The number of carbonyl (C=O) groups is 3. The van der Waals surface area contributed by atoms with Gasteiger partial charge in [-0.15, -0.1) is 0 Å². The fraction of sp³-hybridized carbons (Fsp3) is 0.455. The first-order valence-corrected chi connectivity index (χ1v) is 10.1. The van der Waals surface area contributed by atoms with Crippen LogP contribution >= 0.6 is 0 Å².